The number of hydrogen-bond acceptors (Lipinski definition) is 5. The van der Waals surface area contributed by atoms with Gasteiger partial charge in [0, 0.05) is 53.2 Å². The molecular formula is C45H27N3OS. The molecule has 234 valence electrons. The van der Waals surface area contributed by atoms with Gasteiger partial charge in [-0.25, -0.2) is 15.0 Å². The van der Waals surface area contributed by atoms with Crippen LogP contribution in [0.25, 0.3) is 98.5 Å². The molecule has 0 bridgehead atoms. The zero-order chi connectivity index (χ0) is 33.0. The summed E-state index contributed by atoms with van der Waals surface area (Å²) >= 11 is 1.85. The Kier molecular flexibility index (Phi) is 6.64. The molecular weight excluding hydrogens is 631 g/mol. The number of benzene rings is 7. The first-order valence-corrected chi connectivity index (χ1v) is 17.4. The number of hydrogen-bond donors (Lipinski definition) is 0. The van der Waals surface area contributed by atoms with E-state index < -0.39 is 0 Å². The molecule has 0 atom stereocenters. The molecule has 0 spiro atoms. The number of rotatable bonds is 5. The second kappa shape index (κ2) is 11.6. The fourth-order valence-electron chi connectivity index (χ4n) is 6.86. The van der Waals surface area contributed by atoms with Gasteiger partial charge in [0.05, 0.1) is 0 Å². The summed E-state index contributed by atoms with van der Waals surface area (Å²) in [4.78, 5) is 14.7. The molecule has 10 aromatic rings. The molecule has 0 radical (unpaired) electrons. The van der Waals surface area contributed by atoms with Gasteiger partial charge < -0.3 is 4.42 Å². The van der Waals surface area contributed by atoms with Gasteiger partial charge in [-0.15, -0.1) is 11.3 Å². The van der Waals surface area contributed by atoms with Crippen molar-refractivity contribution in [3.8, 4) is 56.4 Å². The van der Waals surface area contributed by atoms with Crippen molar-refractivity contribution in [2.24, 2.45) is 0 Å². The second-order valence-electron chi connectivity index (χ2n) is 12.4. The van der Waals surface area contributed by atoms with Crippen molar-refractivity contribution in [3.05, 3.63) is 164 Å². The van der Waals surface area contributed by atoms with Gasteiger partial charge in [-0.05, 0) is 59.2 Å². The number of nitrogens with zero attached hydrogens (tertiary/aromatic N) is 3. The Morgan fingerprint density at radius 1 is 0.360 bits per heavy atom. The minimum atomic E-state index is 0.602. The Morgan fingerprint density at radius 2 is 0.940 bits per heavy atom. The highest BCUT2D eigenvalue weighted by atomic mass is 32.1. The van der Waals surface area contributed by atoms with Crippen LogP contribution in [0.3, 0.4) is 0 Å². The lowest BCUT2D eigenvalue weighted by Gasteiger charge is -2.09. The average Bonchev–Trinajstić information content (AvgIpc) is 3.76. The Hall–Kier alpha value is -6.43. The predicted octanol–water partition coefficient (Wildman–Crippen LogP) is 12.5. The quantitative estimate of drug-likeness (QED) is 0.185. The molecule has 0 saturated carbocycles. The summed E-state index contributed by atoms with van der Waals surface area (Å²) in [6.45, 7) is 0. The molecule has 3 heterocycles. The first-order chi connectivity index (χ1) is 24.7. The molecule has 3 aromatic heterocycles. The van der Waals surface area contributed by atoms with E-state index in [1.54, 1.807) is 0 Å². The van der Waals surface area contributed by atoms with Crippen LogP contribution in [0.1, 0.15) is 0 Å². The van der Waals surface area contributed by atoms with Gasteiger partial charge in [0.2, 0.25) is 0 Å². The molecule has 0 aliphatic rings. The zero-order valence-corrected chi connectivity index (χ0v) is 27.6. The SMILES string of the molecule is c1ccc(-c2cc(-c3ccc4oc5cc(-c6nc(-c7ccccc7)nc(-c7ccccc7)n6)ccc5c4c3)c3sc4ccccc4c3c2)cc1. The van der Waals surface area contributed by atoms with Crippen LogP contribution in [-0.2, 0) is 0 Å². The monoisotopic (exact) mass is 657 g/mol. The topological polar surface area (TPSA) is 51.8 Å². The van der Waals surface area contributed by atoms with Crippen molar-refractivity contribution in [2.45, 2.75) is 0 Å². The summed E-state index contributed by atoms with van der Waals surface area (Å²) in [5.74, 6) is 1.87. The van der Waals surface area contributed by atoms with Crippen molar-refractivity contribution >= 4 is 53.4 Å². The van der Waals surface area contributed by atoms with Crippen LogP contribution >= 0.6 is 11.3 Å². The molecule has 0 amide bonds. The summed E-state index contributed by atoms with van der Waals surface area (Å²) < 4.78 is 9.08. The Bertz CT molecular complexity index is 2800. The molecule has 0 unspecified atom stereocenters. The van der Waals surface area contributed by atoms with E-state index in [4.69, 9.17) is 19.4 Å². The maximum absolute atomic E-state index is 6.50. The van der Waals surface area contributed by atoms with E-state index in [1.807, 2.05) is 78.1 Å². The Morgan fingerprint density at radius 3 is 1.64 bits per heavy atom. The highest BCUT2D eigenvalue weighted by molar-refractivity contribution is 7.26. The van der Waals surface area contributed by atoms with Crippen LogP contribution in [0.5, 0.6) is 0 Å². The average molecular weight is 658 g/mol. The lowest BCUT2D eigenvalue weighted by Crippen LogP contribution is -2.00. The van der Waals surface area contributed by atoms with Gasteiger partial charge >= 0.3 is 0 Å². The minimum Gasteiger partial charge on any atom is -0.456 e. The predicted molar refractivity (Wildman–Crippen MR) is 207 cm³/mol. The molecule has 5 heteroatoms. The minimum absolute atomic E-state index is 0.602. The fourth-order valence-corrected chi connectivity index (χ4v) is 8.08. The summed E-state index contributed by atoms with van der Waals surface area (Å²) in [6.07, 6.45) is 0. The maximum Gasteiger partial charge on any atom is 0.164 e. The first kappa shape index (κ1) is 28.6. The van der Waals surface area contributed by atoms with Crippen LogP contribution in [0, 0.1) is 0 Å². The number of thiophene rings is 1. The molecule has 4 nitrogen and oxygen atoms in total. The zero-order valence-electron chi connectivity index (χ0n) is 26.7. The lowest BCUT2D eigenvalue weighted by molar-refractivity contribution is 0.669. The second-order valence-corrected chi connectivity index (χ2v) is 13.5. The van der Waals surface area contributed by atoms with E-state index in [-0.39, 0.29) is 0 Å². The molecule has 10 rings (SSSR count). The smallest absolute Gasteiger partial charge is 0.164 e. The molecule has 7 aromatic carbocycles. The van der Waals surface area contributed by atoms with Crippen molar-refractivity contribution < 1.29 is 4.42 Å². The first-order valence-electron chi connectivity index (χ1n) is 16.6. The highest BCUT2D eigenvalue weighted by Crippen LogP contribution is 2.44. The third-order valence-corrected chi connectivity index (χ3v) is 10.5. The van der Waals surface area contributed by atoms with Crippen molar-refractivity contribution in [2.75, 3.05) is 0 Å². The summed E-state index contributed by atoms with van der Waals surface area (Å²) in [7, 11) is 0. The molecule has 50 heavy (non-hydrogen) atoms. The van der Waals surface area contributed by atoms with Crippen LogP contribution in [-0.4, -0.2) is 15.0 Å². The molecule has 0 N–H and O–H groups in total. The summed E-state index contributed by atoms with van der Waals surface area (Å²) in [6, 6.07) is 56.9. The van der Waals surface area contributed by atoms with E-state index in [2.05, 4.69) is 97.1 Å². The largest absolute Gasteiger partial charge is 0.456 e. The van der Waals surface area contributed by atoms with E-state index in [0.717, 1.165) is 44.2 Å². The standard InChI is InChI=1S/C45H27N3OS/c1-4-12-28(13-5-1)33-25-36(42-38(26-33)35-18-10-11-19-41(35)50-42)31-21-23-39-37(24-31)34-22-20-32(27-40(34)49-39)45-47-43(29-14-6-2-7-15-29)46-44(48-45)30-16-8-3-9-17-30/h1-27H. The van der Waals surface area contributed by atoms with Gasteiger partial charge in [0.25, 0.3) is 0 Å². The van der Waals surface area contributed by atoms with Crippen LogP contribution in [0.15, 0.2) is 168 Å². The molecule has 0 aliphatic carbocycles. The summed E-state index contributed by atoms with van der Waals surface area (Å²) in [5.41, 5.74) is 9.19. The Labute approximate surface area is 292 Å². The fraction of sp³-hybridized carbons (Fsp3) is 0. The van der Waals surface area contributed by atoms with Crippen LogP contribution in [0.2, 0.25) is 0 Å². The van der Waals surface area contributed by atoms with Crippen molar-refractivity contribution in [1.82, 2.24) is 15.0 Å². The van der Waals surface area contributed by atoms with E-state index in [9.17, 15) is 0 Å². The third kappa shape index (κ3) is 4.87. The number of aromatic nitrogens is 3. The Balaban J connectivity index is 1.12. The normalized spacial score (nSPS) is 11.6. The van der Waals surface area contributed by atoms with E-state index >= 15 is 0 Å². The van der Waals surface area contributed by atoms with Gasteiger partial charge in [-0.1, -0.05) is 121 Å². The van der Waals surface area contributed by atoms with Crippen LogP contribution < -0.4 is 0 Å². The van der Waals surface area contributed by atoms with Gasteiger partial charge in [0.1, 0.15) is 11.2 Å². The van der Waals surface area contributed by atoms with E-state index in [0.29, 0.717) is 17.5 Å². The van der Waals surface area contributed by atoms with E-state index in [1.165, 1.54) is 36.9 Å². The van der Waals surface area contributed by atoms with Crippen LogP contribution in [0.4, 0.5) is 0 Å². The number of fused-ring (bicyclic) bond motifs is 6. The van der Waals surface area contributed by atoms with Crippen molar-refractivity contribution in [1.29, 1.82) is 0 Å². The highest BCUT2D eigenvalue weighted by Gasteiger charge is 2.17. The lowest BCUT2D eigenvalue weighted by atomic mass is 9.95. The van der Waals surface area contributed by atoms with Gasteiger partial charge in [-0.2, -0.15) is 0 Å². The third-order valence-electron chi connectivity index (χ3n) is 9.33. The van der Waals surface area contributed by atoms with Crippen molar-refractivity contribution in [3.63, 3.8) is 0 Å². The van der Waals surface area contributed by atoms with Gasteiger partial charge in [-0.3, -0.25) is 0 Å². The maximum atomic E-state index is 6.50. The summed E-state index contributed by atoms with van der Waals surface area (Å²) in [5, 5.41) is 4.70. The molecule has 0 saturated heterocycles. The molecule has 0 fully saturated rings. The number of furan rings is 1. The molecule has 0 aliphatic heterocycles. The van der Waals surface area contributed by atoms with Gasteiger partial charge in [0.15, 0.2) is 17.5 Å².